The van der Waals surface area contributed by atoms with E-state index in [1.807, 2.05) is 0 Å². The van der Waals surface area contributed by atoms with Gasteiger partial charge in [0.2, 0.25) is 5.56 Å². The first-order chi connectivity index (χ1) is 6.02. The molecule has 0 fully saturated rings. The average molecular weight is 180 g/mol. The van der Waals surface area contributed by atoms with Gasteiger partial charge >= 0.3 is 0 Å². The number of anilines is 1. The normalized spacial score (nSPS) is 13.2. The van der Waals surface area contributed by atoms with Crippen LogP contribution in [-0.2, 0) is 0 Å². The van der Waals surface area contributed by atoms with Crippen LogP contribution in [0.25, 0.3) is 0 Å². The summed E-state index contributed by atoms with van der Waals surface area (Å²) < 4.78 is 0. The minimum Gasteiger partial charge on any atom is -0.385 e. The van der Waals surface area contributed by atoms with E-state index in [0.29, 0.717) is 17.7 Å². The van der Waals surface area contributed by atoms with Gasteiger partial charge in [-0.1, -0.05) is 20.8 Å². The minimum atomic E-state index is -0.141. The van der Waals surface area contributed by atoms with Gasteiger partial charge in [0, 0.05) is 6.07 Å². The highest BCUT2D eigenvalue weighted by Gasteiger charge is 2.12. The number of aromatic nitrogens is 1. The molecule has 1 unspecified atom stereocenters. The lowest BCUT2D eigenvalue weighted by atomic mass is 9.91. The molecule has 3 N–H and O–H groups in total. The van der Waals surface area contributed by atoms with Gasteiger partial charge in [0.15, 0.2) is 0 Å². The first-order valence-corrected chi connectivity index (χ1v) is 4.51. The molecule has 1 aromatic heterocycles. The van der Waals surface area contributed by atoms with Crippen LogP contribution >= 0.6 is 0 Å². The van der Waals surface area contributed by atoms with Crippen LogP contribution in [0.4, 0.5) is 5.82 Å². The summed E-state index contributed by atoms with van der Waals surface area (Å²) in [6.07, 6.45) is 0. The molecule has 0 spiro atoms. The number of nitrogens with two attached hydrogens (primary N) is 1. The van der Waals surface area contributed by atoms with Gasteiger partial charge in [0.1, 0.15) is 5.82 Å². The van der Waals surface area contributed by atoms with Crippen LogP contribution in [0.1, 0.15) is 32.3 Å². The zero-order valence-electron chi connectivity index (χ0n) is 8.29. The fourth-order valence-electron chi connectivity index (χ4n) is 1.26. The molecule has 1 heterocycles. The van der Waals surface area contributed by atoms with Gasteiger partial charge in [0.05, 0.1) is 0 Å². The summed E-state index contributed by atoms with van der Waals surface area (Å²) in [6, 6.07) is 3.32. The molecule has 0 saturated carbocycles. The lowest BCUT2D eigenvalue weighted by molar-refractivity contribution is 0.535. The summed E-state index contributed by atoms with van der Waals surface area (Å²) in [6.45, 7) is 6.37. The Kier molecular flexibility index (Phi) is 2.76. The Morgan fingerprint density at radius 3 is 2.38 bits per heavy atom. The Labute approximate surface area is 78.0 Å². The van der Waals surface area contributed by atoms with Crippen molar-refractivity contribution in [3.63, 3.8) is 0 Å². The van der Waals surface area contributed by atoms with Crippen molar-refractivity contribution >= 4 is 5.82 Å². The van der Waals surface area contributed by atoms with Crippen LogP contribution in [0.2, 0.25) is 0 Å². The topological polar surface area (TPSA) is 58.9 Å². The fourth-order valence-corrected chi connectivity index (χ4v) is 1.26. The van der Waals surface area contributed by atoms with Crippen LogP contribution < -0.4 is 11.3 Å². The zero-order chi connectivity index (χ0) is 10.0. The molecular weight excluding hydrogens is 164 g/mol. The van der Waals surface area contributed by atoms with E-state index in [2.05, 4.69) is 25.8 Å². The van der Waals surface area contributed by atoms with E-state index in [1.54, 1.807) is 6.07 Å². The number of rotatable bonds is 2. The summed E-state index contributed by atoms with van der Waals surface area (Å²) in [5.74, 6) is 1.39. The summed E-state index contributed by atoms with van der Waals surface area (Å²) in [5.41, 5.74) is 6.59. The van der Waals surface area contributed by atoms with Gasteiger partial charge in [-0.15, -0.1) is 0 Å². The molecule has 0 radical (unpaired) electrons. The molecule has 1 atom stereocenters. The van der Waals surface area contributed by atoms with E-state index in [0.717, 1.165) is 5.56 Å². The van der Waals surface area contributed by atoms with Gasteiger partial charge in [-0.3, -0.25) is 4.79 Å². The second kappa shape index (κ2) is 3.64. The standard InChI is InChI=1S/C10H16N2O/c1-6(2)7(3)8-4-5-9(13)12-10(8)11/h4-7H,1-3H3,(H3,11,12,13). The van der Waals surface area contributed by atoms with Gasteiger partial charge in [-0.05, 0) is 23.5 Å². The van der Waals surface area contributed by atoms with Gasteiger partial charge < -0.3 is 10.7 Å². The quantitative estimate of drug-likeness (QED) is 0.728. The number of aromatic amines is 1. The van der Waals surface area contributed by atoms with Crippen molar-refractivity contribution < 1.29 is 0 Å². The summed E-state index contributed by atoms with van der Waals surface area (Å²) >= 11 is 0. The Balaban J connectivity index is 3.08. The van der Waals surface area contributed by atoms with Crippen molar-refractivity contribution in [3.8, 4) is 0 Å². The maximum absolute atomic E-state index is 10.9. The lowest BCUT2D eigenvalue weighted by Crippen LogP contribution is -2.13. The maximum Gasteiger partial charge on any atom is 0.249 e. The highest BCUT2D eigenvalue weighted by molar-refractivity contribution is 5.40. The molecule has 72 valence electrons. The van der Waals surface area contributed by atoms with Crippen molar-refractivity contribution in [1.29, 1.82) is 0 Å². The van der Waals surface area contributed by atoms with Gasteiger partial charge in [-0.25, -0.2) is 0 Å². The molecule has 0 amide bonds. The lowest BCUT2D eigenvalue weighted by Gasteiger charge is -2.17. The number of hydrogen-bond donors (Lipinski definition) is 2. The van der Waals surface area contributed by atoms with Crippen LogP contribution in [-0.4, -0.2) is 4.98 Å². The number of hydrogen-bond acceptors (Lipinski definition) is 2. The first kappa shape index (κ1) is 9.84. The molecule has 0 aliphatic heterocycles. The summed E-state index contributed by atoms with van der Waals surface area (Å²) in [7, 11) is 0. The molecule has 3 nitrogen and oxygen atoms in total. The number of H-pyrrole nitrogens is 1. The molecule has 0 aliphatic carbocycles. The Bertz CT molecular complexity index is 341. The van der Waals surface area contributed by atoms with E-state index in [-0.39, 0.29) is 5.56 Å². The van der Waals surface area contributed by atoms with Crippen LogP contribution in [0, 0.1) is 5.92 Å². The molecule has 3 heteroatoms. The Hall–Kier alpha value is -1.25. The molecule has 0 aliphatic rings. The van der Waals surface area contributed by atoms with E-state index >= 15 is 0 Å². The van der Waals surface area contributed by atoms with Crippen LogP contribution in [0.3, 0.4) is 0 Å². The third-order valence-corrected chi connectivity index (χ3v) is 2.47. The molecule has 1 rings (SSSR count). The van der Waals surface area contributed by atoms with Crippen molar-refractivity contribution in [2.45, 2.75) is 26.7 Å². The third-order valence-electron chi connectivity index (χ3n) is 2.47. The summed E-state index contributed by atoms with van der Waals surface area (Å²) in [4.78, 5) is 13.5. The van der Waals surface area contributed by atoms with E-state index in [9.17, 15) is 4.79 Å². The largest absolute Gasteiger partial charge is 0.385 e. The molecule has 0 saturated heterocycles. The third kappa shape index (κ3) is 2.11. The molecular formula is C10H16N2O. The second-order valence-electron chi connectivity index (χ2n) is 3.72. The number of nitrogen functional groups attached to an aromatic ring is 1. The minimum absolute atomic E-state index is 0.141. The Morgan fingerprint density at radius 2 is 1.92 bits per heavy atom. The van der Waals surface area contributed by atoms with Crippen LogP contribution in [0.5, 0.6) is 0 Å². The highest BCUT2D eigenvalue weighted by Crippen LogP contribution is 2.25. The first-order valence-electron chi connectivity index (χ1n) is 4.51. The van der Waals surface area contributed by atoms with E-state index < -0.39 is 0 Å². The zero-order valence-corrected chi connectivity index (χ0v) is 8.29. The molecule has 0 aromatic carbocycles. The fraction of sp³-hybridized carbons (Fsp3) is 0.500. The number of pyridine rings is 1. The SMILES string of the molecule is CC(C)C(C)c1ccc(=O)[nH]c1N. The van der Waals surface area contributed by atoms with Crippen molar-refractivity contribution in [2.24, 2.45) is 5.92 Å². The smallest absolute Gasteiger partial charge is 0.249 e. The van der Waals surface area contributed by atoms with Crippen molar-refractivity contribution in [2.75, 3.05) is 5.73 Å². The van der Waals surface area contributed by atoms with E-state index in [4.69, 9.17) is 5.73 Å². The molecule has 0 bridgehead atoms. The predicted octanol–water partition coefficient (Wildman–Crippen LogP) is 1.72. The van der Waals surface area contributed by atoms with Gasteiger partial charge in [0.25, 0.3) is 0 Å². The van der Waals surface area contributed by atoms with Crippen molar-refractivity contribution in [3.05, 3.63) is 28.0 Å². The molecule has 13 heavy (non-hydrogen) atoms. The monoisotopic (exact) mass is 180 g/mol. The average Bonchev–Trinajstić information content (AvgIpc) is 2.03. The summed E-state index contributed by atoms with van der Waals surface area (Å²) in [5, 5.41) is 0. The van der Waals surface area contributed by atoms with E-state index in [1.165, 1.54) is 6.07 Å². The van der Waals surface area contributed by atoms with Gasteiger partial charge in [-0.2, -0.15) is 0 Å². The maximum atomic E-state index is 10.9. The van der Waals surface area contributed by atoms with Crippen molar-refractivity contribution in [1.82, 2.24) is 4.98 Å². The van der Waals surface area contributed by atoms with Crippen LogP contribution in [0.15, 0.2) is 16.9 Å². The second-order valence-corrected chi connectivity index (χ2v) is 3.72. The molecule has 1 aromatic rings. The highest BCUT2D eigenvalue weighted by atomic mass is 16.1. The number of nitrogens with one attached hydrogen (secondary N) is 1. The predicted molar refractivity (Wildman–Crippen MR) is 54.7 cm³/mol. The Morgan fingerprint density at radius 1 is 1.31 bits per heavy atom.